The Morgan fingerprint density at radius 2 is 1.75 bits per heavy atom. The number of hydrogen-bond acceptors (Lipinski definition) is 6. The van der Waals surface area contributed by atoms with Crippen LogP contribution in [0.4, 0.5) is 0 Å². The normalized spacial score (nSPS) is 14.8. The van der Waals surface area contributed by atoms with E-state index in [1.54, 1.807) is 0 Å². The summed E-state index contributed by atoms with van der Waals surface area (Å²) in [6.07, 6.45) is -0.353. The molecule has 0 aromatic carbocycles. The maximum absolute atomic E-state index is 11.6. The molecule has 0 spiro atoms. The third-order valence-electron chi connectivity index (χ3n) is 2.31. The molecule has 0 aromatic rings. The van der Waals surface area contributed by atoms with Crippen LogP contribution in [0.15, 0.2) is 0 Å². The van der Waals surface area contributed by atoms with Crippen LogP contribution in [0.2, 0.25) is 0 Å². The highest BCUT2D eigenvalue weighted by atomic mass is 32.1. The van der Waals surface area contributed by atoms with Gasteiger partial charge >= 0.3 is 5.97 Å². The number of hydrogen-bond donors (Lipinski definition) is 6. The minimum absolute atomic E-state index is 0.0943. The fraction of sp³-hybridized carbons (Fsp3) is 0.600. The molecule has 3 atom stereocenters. The summed E-state index contributed by atoms with van der Waals surface area (Å²) in [5.41, 5.74) is 10.3. The van der Waals surface area contributed by atoms with Gasteiger partial charge in [-0.3, -0.25) is 14.4 Å². The highest BCUT2D eigenvalue weighted by Gasteiger charge is 2.24. The molecule has 0 radical (unpaired) electrons. The van der Waals surface area contributed by atoms with Gasteiger partial charge < -0.3 is 27.2 Å². The van der Waals surface area contributed by atoms with Crippen molar-refractivity contribution in [3.8, 4) is 0 Å². The summed E-state index contributed by atoms with van der Waals surface area (Å²) in [6, 6.07) is -3.34. The molecule has 0 aliphatic carbocycles. The summed E-state index contributed by atoms with van der Waals surface area (Å²) >= 11 is 3.78. The van der Waals surface area contributed by atoms with Gasteiger partial charge in [-0.15, -0.1) is 0 Å². The molecule has 9 nitrogen and oxygen atoms in total. The Labute approximate surface area is 120 Å². The van der Waals surface area contributed by atoms with Crippen molar-refractivity contribution in [3.05, 3.63) is 0 Å². The van der Waals surface area contributed by atoms with Gasteiger partial charge in [-0.1, -0.05) is 0 Å². The Bertz CT molecular complexity index is 403. The predicted molar refractivity (Wildman–Crippen MR) is 72.8 cm³/mol. The van der Waals surface area contributed by atoms with Gasteiger partial charge in [0.2, 0.25) is 17.7 Å². The van der Waals surface area contributed by atoms with Gasteiger partial charge in [-0.2, -0.15) is 12.6 Å². The van der Waals surface area contributed by atoms with Gasteiger partial charge in [0.15, 0.2) is 0 Å². The lowest BCUT2D eigenvalue weighted by Crippen LogP contribution is -2.54. The number of carboxylic acid groups (broad SMARTS) is 1. The van der Waals surface area contributed by atoms with Crippen LogP contribution in [0.1, 0.15) is 13.3 Å². The molecule has 3 amide bonds. The lowest BCUT2D eigenvalue weighted by Gasteiger charge is -2.19. The highest BCUT2D eigenvalue weighted by Crippen LogP contribution is 1.93. The summed E-state index contributed by atoms with van der Waals surface area (Å²) in [6.45, 7) is 1.35. The number of carbonyl (C=O) groups excluding carboxylic acids is 3. The Hall–Kier alpha value is -1.81. The van der Waals surface area contributed by atoms with E-state index in [0.29, 0.717) is 0 Å². The van der Waals surface area contributed by atoms with Crippen molar-refractivity contribution < 1.29 is 24.3 Å². The molecule has 0 fully saturated rings. The number of rotatable bonds is 8. The van der Waals surface area contributed by atoms with Crippen molar-refractivity contribution in [2.24, 2.45) is 11.5 Å². The number of nitrogens with one attached hydrogen (secondary N) is 2. The Morgan fingerprint density at radius 3 is 2.15 bits per heavy atom. The van der Waals surface area contributed by atoms with Gasteiger partial charge in [0.05, 0.1) is 12.5 Å². The van der Waals surface area contributed by atoms with E-state index >= 15 is 0 Å². The zero-order valence-corrected chi connectivity index (χ0v) is 11.7. The van der Waals surface area contributed by atoms with Crippen LogP contribution in [0.5, 0.6) is 0 Å². The van der Waals surface area contributed by atoms with Crippen molar-refractivity contribution in [1.82, 2.24) is 10.6 Å². The second-order valence-corrected chi connectivity index (χ2v) is 4.45. The number of primary amides is 1. The number of aliphatic carboxylic acids is 1. The van der Waals surface area contributed by atoms with Crippen LogP contribution in [0.3, 0.4) is 0 Å². The minimum atomic E-state index is -1.24. The summed E-state index contributed by atoms with van der Waals surface area (Å²) in [5, 5.41) is 13.2. The van der Waals surface area contributed by atoms with Gasteiger partial charge in [-0.25, -0.2) is 4.79 Å². The van der Waals surface area contributed by atoms with Crippen molar-refractivity contribution in [1.29, 1.82) is 0 Å². The molecule has 20 heavy (non-hydrogen) atoms. The van der Waals surface area contributed by atoms with Gasteiger partial charge in [-0.05, 0) is 6.92 Å². The van der Waals surface area contributed by atoms with E-state index < -0.39 is 41.8 Å². The molecule has 0 aliphatic rings. The van der Waals surface area contributed by atoms with Crippen LogP contribution in [-0.4, -0.2) is 52.7 Å². The molecule has 7 N–H and O–H groups in total. The van der Waals surface area contributed by atoms with Crippen LogP contribution < -0.4 is 22.1 Å². The Morgan fingerprint density at radius 1 is 1.20 bits per heavy atom. The maximum Gasteiger partial charge on any atom is 0.327 e. The van der Waals surface area contributed by atoms with Gasteiger partial charge in [0, 0.05) is 5.75 Å². The smallest absolute Gasteiger partial charge is 0.327 e. The van der Waals surface area contributed by atoms with E-state index in [9.17, 15) is 19.2 Å². The van der Waals surface area contributed by atoms with Gasteiger partial charge in [0.1, 0.15) is 12.1 Å². The summed E-state index contributed by atoms with van der Waals surface area (Å²) in [7, 11) is 0. The fourth-order valence-electron chi connectivity index (χ4n) is 1.18. The molecule has 0 rings (SSSR count). The second kappa shape index (κ2) is 8.38. The molecule has 114 valence electrons. The zero-order valence-electron chi connectivity index (χ0n) is 10.8. The zero-order chi connectivity index (χ0) is 15.9. The largest absolute Gasteiger partial charge is 0.480 e. The number of nitrogens with two attached hydrogens (primary N) is 2. The molecular weight excluding hydrogens is 288 g/mol. The molecule has 10 heteroatoms. The number of carbonyl (C=O) groups is 4. The highest BCUT2D eigenvalue weighted by molar-refractivity contribution is 7.80. The number of amides is 3. The molecule has 0 aromatic heterocycles. The lowest BCUT2D eigenvalue weighted by molar-refractivity contribution is -0.141. The first-order valence-corrected chi connectivity index (χ1v) is 6.30. The Kier molecular flexibility index (Phi) is 7.62. The van der Waals surface area contributed by atoms with E-state index in [2.05, 4.69) is 23.3 Å². The third-order valence-corrected chi connectivity index (χ3v) is 2.67. The van der Waals surface area contributed by atoms with E-state index in [1.165, 1.54) is 6.92 Å². The molecule has 0 saturated carbocycles. The van der Waals surface area contributed by atoms with Gasteiger partial charge in [0.25, 0.3) is 0 Å². The lowest BCUT2D eigenvalue weighted by atomic mass is 10.2. The summed E-state index contributed by atoms with van der Waals surface area (Å²) in [5.74, 6) is -3.51. The quantitative estimate of drug-likeness (QED) is 0.265. The third kappa shape index (κ3) is 6.38. The molecule has 0 aliphatic heterocycles. The van der Waals surface area contributed by atoms with Crippen molar-refractivity contribution in [2.75, 3.05) is 5.75 Å². The Balaban J connectivity index is 4.42. The molecule has 0 bridgehead atoms. The standard InChI is InChI=1S/C10H18N4O5S/c1-4(8(16)14-6(3-20)10(18)19)13-9(17)5(11)2-7(12)15/h4-6,20H,2-3,11H2,1H3,(H2,12,15)(H,13,17)(H,14,16)(H,18,19)/t4-,5-,6-/m0/s1. The van der Waals surface area contributed by atoms with Crippen LogP contribution in [0, 0.1) is 0 Å². The number of carboxylic acids is 1. The first-order valence-electron chi connectivity index (χ1n) is 5.67. The molecular formula is C10H18N4O5S. The fourth-order valence-corrected chi connectivity index (χ4v) is 1.43. The molecule has 0 unspecified atom stereocenters. The van der Waals surface area contributed by atoms with E-state index in [-0.39, 0.29) is 12.2 Å². The topological polar surface area (TPSA) is 165 Å². The van der Waals surface area contributed by atoms with E-state index in [0.717, 1.165) is 0 Å². The first-order chi connectivity index (χ1) is 9.18. The van der Waals surface area contributed by atoms with Crippen molar-refractivity contribution in [3.63, 3.8) is 0 Å². The first kappa shape index (κ1) is 18.2. The monoisotopic (exact) mass is 306 g/mol. The molecule has 0 saturated heterocycles. The second-order valence-electron chi connectivity index (χ2n) is 4.09. The van der Waals surface area contributed by atoms with Crippen LogP contribution in [-0.2, 0) is 19.2 Å². The van der Waals surface area contributed by atoms with E-state index in [4.69, 9.17) is 16.6 Å². The van der Waals surface area contributed by atoms with Crippen molar-refractivity contribution >= 4 is 36.3 Å². The average molecular weight is 306 g/mol. The number of thiol groups is 1. The summed E-state index contributed by atoms with van der Waals surface area (Å²) < 4.78 is 0. The predicted octanol–water partition coefficient (Wildman–Crippen LogP) is -2.81. The SMILES string of the molecule is C[C@H](NC(=O)[C@@H](N)CC(N)=O)C(=O)N[C@@H](CS)C(=O)O. The van der Waals surface area contributed by atoms with E-state index in [1.807, 2.05) is 0 Å². The van der Waals surface area contributed by atoms with Crippen molar-refractivity contribution in [2.45, 2.75) is 31.5 Å². The minimum Gasteiger partial charge on any atom is -0.480 e. The average Bonchev–Trinajstić information content (AvgIpc) is 2.33. The van der Waals surface area contributed by atoms with Crippen LogP contribution in [0.25, 0.3) is 0 Å². The van der Waals surface area contributed by atoms with Crippen LogP contribution >= 0.6 is 12.6 Å². The molecule has 0 heterocycles. The maximum atomic E-state index is 11.6. The summed E-state index contributed by atoms with van der Waals surface area (Å²) in [4.78, 5) is 44.5.